The molecular formula is C24H22F5N7O2. The lowest BCUT2D eigenvalue weighted by molar-refractivity contribution is -0.141. The van der Waals surface area contributed by atoms with Gasteiger partial charge in [-0.25, -0.2) is 23.5 Å². The summed E-state index contributed by atoms with van der Waals surface area (Å²) in [4.78, 5) is 30.8. The molecule has 3 aromatic rings. The highest BCUT2D eigenvalue weighted by Gasteiger charge is 2.33. The normalized spacial score (nSPS) is 14.9. The van der Waals surface area contributed by atoms with Crippen molar-refractivity contribution < 1.29 is 31.6 Å². The van der Waals surface area contributed by atoms with E-state index in [0.29, 0.717) is 29.8 Å². The number of likely N-dealkylation sites (tertiary alicyclic amines) is 1. The van der Waals surface area contributed by atoms with Crippen molar-refractivity contribution in [3.05, 3.63) is 71.3 Å². The van der Waals surface area contributed by atoms with Crippen LogP contribution in [0.3, 0.4) is 0 Å². The molecule has 0 spiro atoms. The van der Waals surface area contributed by atoms with E-state index in [9.17, 15) is 26.7 Å². The lowest BCUT2D eigenvalue weighted by atomic mass is 9.90. The summed E-state index contributed by atoms with van der Waals surface area (Å²) in [5.74, 6) is -2.08. The van der Waals surface area contributed by atoms with Crippen molar-refractivity contribution in [3.63, 3.8) is 0 Å². The maximum absolute atomic E-state index is 13.9. The van der Waals surface area contributed by atoms with Gasteiger partial charge in [0.15, 0.2) is 5.75 Å². The van der Waals surface area contributed by atoms with Gasteiger partial charge < -0.3 is 20.8 Å². The zero-order chi connectivity index (χ0) is 27.4. The number of piperidine rings is 1. The Hall–Kier alpha value is -4.36. The Kier molecular flexibility index (Phi) is 7.69. The van der Waals surface area contributed by atoms with E-state index in [-0.39, 0.29) is 30.7 Å². The molecule has 14 heteroatoms. The molecule has 1 saturated heterocycles. The number of oxime groups is 1. The maximum Gasteiger partial charge on any atom is 0.433 e. The molecule has 0 aliphatic carbocycles. The van der Waals surface area contributed by atoms with Crippen molar-refractivity contribution in [2.24, 2.45) is 5.16 Å². The molecule has 9 nitrogen and oxygen atoms in total. The first kappa shape index (κ1) is 26.7. The minimum absolute atomic E-state index is 0.0108. The number of halogens is 5. The minimum atomic E-state index is -4.63. The fraction of sp³-hybridized carbons (Fsp3) is 0.292. The Labute approximate surface area is 213 Å². The van der Waals surface area contributed by atoms with Crippen LogP contribution in [-0.2, 0) is 6.18 Å². The van der Waals surface area contributed by atoms with Crippen LogP contribution in [0, 0.1) is 11.6 Å². The molecule has 1 aliphatic heterocycles. The zero-order valence-electron chi connectivity index (χ0n) is 20.0. The number of pyridine rings is 1. The van der Waals surface area contributed by atoms with Crippen molar-refractivity contribution in [1.29, 1.82) is 0 Å². The standard InChI is InChI=1S/C24H22F5N7O2/c1-13(35-38-15-5-8-31-19(11-15)24(27,28)29)16-12-32-22(30)33-20(16)14-6-9-36(10-7-14)23(37)34-21-17(25)3-2-4-18(21)26/h2-5,8,11-12,14H,6-7,9-10H2,1H3,(H,34,37)(H2,30,32,33)/b35-13+. The zero-order valence-corrected chi connectivity index (χ0v) is 20.0. The number of carbonyl (C=O) groups is 1. The number of nitrogens with zero attached hydrogens (tertiary/aromatic N) is 5. The average Bonchev–Trinajstić information content (AvgIpc) is 2.89. The number of alkyl halides is 3. The Morgan fingerprint density at radius 1 is 1.16 bits per heavy atom. The van der Waals surface area contributed by atoms with Crippen LogP contribution in [0.2, 0.25) is 0 Å². The van der Waals surface area contributed by atoms with Gasteiger partial charge >= 0.3 is 12.2 Å². The molecule has 3 heterocycles. The van der Waals surface area contributed by atoms with E-state index in [1.807, 2.05) is 0 Å². The van der Waals surface area contributed by atoms with Gasteiger partial charge in [-0.1, -0.05) is 11.2 Å². The molecular weight excluding hydrogens is 513 g/mol. The van der Waals surface area contributed by atoms with Gasteiger partial charge in [-0.05, 0) is 31.9 Å². The lowest BCUT2D eigenvalue weighted by Gasteiger charge is -2.32. The van der Waals surface area contributed by atoms with Gasteiger partial charge in [0.2, 0.25) is 5.95 Å². The molecule has 1 fully saturated rings. The molecule has 3 N–H and O–H groups in total. The maximum atomic E-state index is 13.9. The highest BCUT2D eigenvalue weighted by molar-refractivity contribution is 5.99. The molecule has 2 aromatic heterocycles. The molecule has 0 unspecified atom stereocenters. The summed E-state index contributed by atoms with van der Waals surface area (Å²) in [6, 6.07) is 4.61. The SMILES string of the molecule is C/C(=N\Oc1ccnc(C(F)(F)F)c1)c1cnc(N)nc1C1CCN(C(=O)Nc2c(F)cccc2F)CC1. The van der Waals surface area contributed by atoms with Crippen LogP contribution in [0.15, 0.2) is 47.9 Å². The van der Waals surface area contributed by atoms with E-state index < -0.39 is 35.2 Å². The smallest absolute Gasteiger partial charge is 0.368 e. The van der Waals surface area contributed by atoms with Crippen molar-refractivity contribution in [2.75, 3.05) is 24.1 Å². The molecule has 0 saturated carbocycles. The summed E-state index contributed by atoms with van der Waals surface area (Å²) in [6.07, 6.45) is -1.34. The summed E-state index contributed by atoms with van der Waals surface area (Å²) in [7, 11) is 0. The number of nitrogen functional groups attached to an aromatic ring is 1. The van der Waals surface area contributed by atoms with Gasteiger partial charge in [-0.3, -0.25) is 4.98 Å². The number of anilines is 2. The topological polar surface area (TPSA) is 119 Å². The molecule has 2 amide bonds. The van der Waals surface area contributed by atoms with Crippen LogP contribution in [0.5, 0.6) is 5.75 Å². The number of aromatic nitrogens is 3. The number of benzene rings is 1. The van der Waals surface area contributed by atoms with E-state index >= 15 is 0 Å². The van der Waals surface area contributed by atoms with Gasteiger partial charge in [0, 0.05) is 49.1 Å². The number of para-hydroxylation sites is 1. The summed E-state index contributed by atoms with van der Waals surface area (Å²) in [5, 5.41) is 6.20. The first-order chi connectivity index (χ1) is 18.0. The quantitative estimate of drug-likeness (QED) is 0.271. The van der Waals surface area contributed by atoms with Crippen LogP contribution in [-0.4, -0.2) is 44.7 Å². The molecule has 0 atom stereocenters. The minimum Gasteiger partial charge on any atom is -0.368 e. The number of amides is 2. The number of hydrogen-bond acceptors (Lipinski definition) is 7. The lowest BCUT2D eigenvalue weighted by Crippen LogP contribution is -2.41. The number of nitrogens with one attached hydrogen (secondary N) is 1. The Balaban J connectivity index is 1.46. The van der Waals surface area contributed by atoms with Crippen LogP contribution < -0.4 is 15.9 Å². The predicted octanol–water partition coefficient (Wildman–Crippen LogP) is 4.97. The second kappa shape index (κ2) is 10.9. The van der Waals surface area contributed by atoms with E-state index in [2.05, 4.69) is 25.4 Å². The van der Waals surface area contributed by atoms with E-state index in [4.69, 9.17) is 10.6 Å². The number of rotatable bonds is 5. The van der Waals surface area contributed by atoms with Crippen LogP contribution in [0.25, 0.3) is 0 Å². The van der Waals surface area contributed by atoms with Gasteiger partial charge in [-0.2, -0.15) is 13.2 Å². The first-order valence-electron chi connectivity index (χ1n) is 11.4. The van der Waals surface area contributed by atoms with Gasteiger partial charge in [-0.15, -0.1) is 0 Å². The summed E-state index contributed by atoms with van der Waals surface area (Å²) >= 11 is 0. The fourth-order valence-corrected chi connectivity index (χ4v) is 3.95. The fourth-order valence-electron chi connectivity index (χ4n) is 3.95. The second-order valence-electron chi connectivity index (χ2n) is 8.46. The number of hydrogen-bond donors (Lipinski definition) is 2. The average molecular weight is 535 g/mol. The van der Waals surface area contributed by atoms with Crippen molar-refractivity contribution in [2.45, 2.75) is 31.9 Å². The van der Waals surface area contributed by atoms with Crippen LogP contribution in [0.1, 0.15) is 42.6 Å². The summed E-state index contributed by atoms with van der Waals surface area (Å²) in [6.45, 7) is 2.11. The van der Waals surface area contributed by atoms with Crippen molar-refractivity contribution >= 4 is 23.4 Å². The van der Waals surface area contributed by atoms with E-state index in [1.165, 1.54) is 23.2 Å². The van der Waals surface area contributed by atoms with Gasteiger partial charge in [0.25, 0.3) is 0 Å². The first-order valence-corrected chi connectivity index (χ1v) is 11.4. The number of urea groups is 1. The van der Waals surface area contributed by atoms with Crippen LogP contribution >= 0.6 is 0 Å². The molecule has 200 valence electrons. The van der Waals surface area contributed by atoms with Crippen molar-refractivity contribution in [3.8, 4) is 5.75 Å². The summed E-state index contributed by atoms with van der Waals surface area (Å²) < 4.78 is 66.5. The highest BCUT2D eigenvalue weighted by Crippen LogP contribution is 2.31. The number of nitrogens with two attached hydrogens (primary N) is 1. The van der Waals surface area contributed by atoms with Gasteiger partial charge in [0.05, 0.1) is 11.4 Å². The van der Waals surface area contributed by atoms with E-state index in [1.54, 1.807) is 6.92 Å². The number of carbonyl (C=O) groups excluding carboxylic acids is 1. The predicted molar refractivity (Wildman–Crippen MR) is 127 cm³/mol. The van der Waals surface area contributed by atoms with Gasteiger partial charge in [0.1, 0.15) is 23.0 Å². The molecule has 1 aromatic carbocycles. The van der Waals surface area contributed by atoms with E-state index in [0.717, 1.165) is 24.4 Å². The third-order valence-corrected chi connectivity index (χ3v) is 5.90. The third-order valence-electron chi connectivity index (χ3n) is 5.90. The Morgan fingerprint density at radius 2 is 1.84 bits per heavy atom. The molecule has 38 heavy (non-hydrogen) atoms. The molecule has 0 radical (unpaired) electrons. The second-order valence-corrected chi connectivity index (χ2v) is 8.46. The Morgan fingerprint density at radius 3 is 2.50 bits per heavy atom. The monoisotopic (exact) mass is 535 g/mol. The third kappa shape index (κ3) is 6.12. The molecule has 0 bridgehead atoms. The summed E-state index contributed by atoms with van der Waals surface area (Å²) in [5.41, 5.74) is 5.46. The van der Waals surface area contributed by atoms with Crippen LogP contribution in [0.4, 0.5) is 38.4 Å². The van der Waals surface area contributed by atoms with Crippen molar-refractivity contribution in [1.82, 2.24) is 19.9 Å². The molecule has 4 rings (SSSR count). The largest absolute Gasteiger partial charge is 0.433 e. The molecule has 1 aliphatic rings. The highest BCUT2D eigenvalue weighted by atomic mass is 19.4. The Bertz CT molecular complexity index is 1340.